The van der Waals surface area contributed by atoms with Crippen LogP contribution in [0.5, 0.6) is 0 Å². The third kappa shape index (κ3) is 5.10. The zero-order valence-corrected chi connectivity index (χ0v) is 14.4. The highest BCUT2D eigenvalue weighted by Crippen LogP contribution is 2.19. The Morgan fingerprint density at radius 1 is 1.12 bits per heavy atom. The largest absolute Gasteiger partial charge is 0.481 e. The molecule has 0 unspecified atom stereocenters. The van der Waals surface area contributed by atoms with Gasteiger partial charge in [-0.25, -0.2) is 0 Å². The Bertz CT molecular complexity index is 741. The molecule has 1 atom stereocenters. The summed E-state index contributed by atoms with van der Waals surface area (Å²) in [4.78, 5) is 23.7. The third-order valence-corrected chi connectivity index (χ3v) is 4.10. The molecule has 0 aliphatic carbocycles. The lowest BCUT2D eigenvalue weighted by Gasteiger charge is -2.14. The van der Waals surface area contributed by atoms with Crippen LogP contribution in [0.4, 0.5) is 5.69 Å². The third-order valence-electron chi connectivity index (χ3n) is 3.84. The highest BCUT2D eigenvalue weighted by molar-refractivity contribution is 6.30. The monoisotopic (exact) mass is 345 g/mol. The van der Waals surface area contributed by atoms with Gasteiger partial charge in [0.25, 0.3) is 0 Å². The number of carboxylic acids is 1. The van der Waals surface area contributed by atoms with Gasteiger partial charge in [-0.05, 0) is 55.2 Å². The fourth-order valence-corrected chi connectivity index (χ4v) is 2.57. The average Bonchev–Trinajstić information content (AvgIpc) is 2.52. The predicted molar refractivity (Wildman–Crippen MR) is 95.4 cm³/mol. The van der Waals surface area contributed by atoms with E-state index in [0.29, 0.717) is 5.02 Å². The molecule has 2 aromatic carbocycles. The highest BCUT2D eigenvalue weighted by Gasteiger charge is 2.22. The summed E-state index contributed by atoms with van der Waals surface area (Å²) in [5.41, 5.74) is 3.53. The van der Waals surface area contributed by atoms with Crippen molar-refractivity contribution >= 4 is 29.2 Å². The number of nitrogens with one attached hydrogen (secondary N) is 1. The van der Waals surface area contributed by atoms with E-state index in [9.17, 15) is 14.7 Å². The maximum atomic E-state index is 12.2. The normalized spacial score (nSPS) is 11.8. The minimum Gasteiger partial charge on any atom is -0.481 e. The standard InChI is InChI=1S/C19H20ClNO3/c1-12-3-4-13(2)17(9-12)21-18(22)11-15(19(23)24)10-14-5-7-16(20)8-6-14/h3-9,15H,10-11H2,1-2H3,(H,21,22)(H,23,24)/t15-/m1/s1. The first-order valence-electron chi connectivity index (χ1n) is 7.69. The molecule has 0 aliphatic heterocycles. The van der Waals surface area contributed by atoms with Gasteiger partial charge in [-0.1, -0.05) is 35.9 Å². The molecule has 0 heterocycles. The van der Waals surface area contributed by atoms with Crippen molar-refractivity contribution in [3.05, 3.63) is 64.2 Å². The second-order valence-electron chi connectivity index (χ2n) is 5.94. The van der Waals surface area contributed by atoms with Crippen LogP contribution in [0.2, 0.25) is 5.02 Å². The number of rotatable bonds is 6. The number of hydrogen-bond acceptors (Lipinski definition) is 2. The minimum absolute atomic E-state index is 0.0780. The molecule has 0 saturated heterocycles. The molecule has 0 aromatic heterocycles. The van der Waals surface area contributed by atoms with Gasteiger partial charge in [0.2, 0.25) is 5.91 Å². The topological polar surface area (TPSA) is 66.4 Å². The number of aryl methyl sites for hydroxylation is 2. The van der Waals surface area contributed by atoms with Crippen LogP contribution in [0, 0.1) is 19.8 Å². The molecule has 24 heavy (non-hydrogen) atoms. The molecule has 2 rings (SSSR count). The summed E-state index contributed by atoms with van der Waals surface area (Å²) in [6.07, 6.45) is 0.206. The molecular formula is C19H20ClNO3. The highest BCUT2D eigenvalue weighted by atomic mass is 35.5. The number of halogens is 1. The number of anilines is 1. The molecule has 5 heteroatoms. The van der Waals surface area contributed by atoms with Crippen LogP contribution in [0.25, 0.3) is 0 Å². The van der Waals surface area contributed by atoms with Gasteiger partial charge >= 0.3 is 5.97 Å². The molecule has 0 bridgehead atoms. The number of carbonyl (C=O) groups is 2. The van der Waals surface area contributed by atoms with Gasteiger partial charge in [0.05, 0.1) is 5.92 Å². The van der Waals surface area contributed by atoms with Gasteiger partial charge in [0.1, 0.15) is 0 Å². The number of aliphatic carboxylic acids is 1. The summed E-state index contributed by atoms with van der Waals surface area (Å²) in [6, 6.07) is 12.8. The maximum Gasteiger partial charge on any atom is 0.307 e. The van der Waals surface area contributed by atoms with Gasteiger partial charge < -0.3 is 10.4 Å². The number of amides is 1. The summed E-state index contributed by atoms with van der Waals surface area (Å²) < 4.78 is 0. The summed E-state index contributed by atoms with van der Waals surface area (Å²) in [5, 5.41) is 12.8. The van der Waals surface area contributed by atoms with E-state index in [0.717, 1.165) is 22.4 Å². The first-order valence-corrected chi connectivity index (χ1v) is 8.07. The second-order valence-corrected chi connectivity index (χ2v) is 6.37. The molecule has 2 aromatic rings. The van der Waals surface area contributed by atoms with Crippen LogP contribution in [0.3, 0.4) is 0 Å². The Balaban J connectivity index is 2.04. The van der Waals surface area contributed by atoms with Crippen molar-refractivity contribution in [2.75, 3.05) is 5.32 Å². The zero-order chi connectivity index (χ0) is 17.7. The van der Waals surface area contributed by atoms with Crippen LogP contribution in [-0.2, 0) is 16.0 Å². The Hall–Kier alpha value is -2.33. The number of benzene rings is 2. The Kier molecular flexibility index (Phi) is 5.99. The van der Waals surface area contributed by atoms with Crippen molar-refractivity contribution in [2.45, 2.75) is 26.7 Å². The van der Waals surface area contributed by atoms with E-state index < -0.39 is 11.9 Å². The van der Waals surface area contributed by atoms with Crippen molar-refractivity contribution in [3.8, 4) is 0 Å². The SMILES string of the molecule is Cc1ccc(C)c(NC(=O)C[C@@H](Cc2ccc(Cl)cc2)C(=O)O)c1. The van der Waals surface area contributed by atoms with E-state index in [-0.39, 0.29) is 18.7 Å². The van der Waals surface area contributed by atoms with Gasteiger partial charge in [-0.3, -0.25) is 9.59 Å². The van der Waals surface area contributed by atoms with E-state index in [2.05, 4.69) is 5.32 Å². The minimum atomic E-state index is -0.985. The first kappa shape index (κ1) is 18.0. The molecule has 0 radical (unpaired) electrons. The van der Waals surface area contributed by atoms with Gasteiger partial charge in [-0.2, -0.15) is 0 Å². The zero-order valence-electron chi connectivity index (χ0n) is 13.7. The maximum absolute atomic E-state index is 12.2. The predicted octanol–water partition coefficient (Wildman–Crippen LogP) is 4.23. The number of carbonyl (C=O) groups excluding carboxylic acids is 1. The molecule has 2 N–H and O–H groups in total. The van der Waals surface area contributed by atoms with E-state index in [1.54, 1.807) is 24.3 Å². The molecule has 0 spiro atoms. The molecule has 0 fully saturated rings. The fraction of sp³-hybridized carbons (Fsp3) is 0.263. The van der Waals surface area contributed by atoms with Crippen molar-refractivity contribution in [1.82, 2.24) is 0 Å². The summed E-state index contributed by atoms with van der Waals surface area (Å²) in [5.74, 6) is -2.07. The van der Waals surface area contributed by atoms with Crippen LogP contribution in [0.15, 0.2) is 42.5 Å². The van der Waals surface area contributed by atoms with Crippen LogP contribution in [-0.4, -0.2) is 17.0 Å². The molecule has 126 valence electrons. The van der Waals surface area contributed by atoms with Crippen molar-refractivity contribution in [2.24, 2.45) is 5.92 Å². The molecule has 0 saturated carbocycles. The second kappa shape index (κ2) is 7.97. The molecule has 4 nitrogen and oxygen atoms in total. The van der Waals surface area contributed by atoms with E-state index in [1.807, 2.05) is 32.0 Å². The Morgan fingerprint density at radius 3 is 2.42 bits per heavy atom. The van der Waals surface area contributed by atoms with Crippen LogP contribution >= 0.6 is 11.6 Å². The summed E-state index contributed by atoms with van der Waals surface area (Å²) >= 11 is 5.83. The van der Waals surface area contributed by atoms with E-state index in [1.165, 1.54) is 0 Å². The molecular weight excluding hydrogens is 326 g/mol. The Morgan fingerprint density at radius 2 is 1.79 bits per heavy atom. The number of carboxylic acid groups (broad SMARTS) is 1. The summed E-state index contributed by atoms with van der Waals surface area (Å²) in [7, 11) is 0. The molecule has 1 amide bonds. The number of hydrogen-bond donors (Lipinski definition) is 2. The fourth-order valence-electron chi connectivity index (χ4n) is 2.45. The van der Waals surface area contributed by atoms with Crippen LogP contribution in [0.1, 0.15) is 23.1 Å². The van der Waals surface area contributed by atoms with E-state index >= 15 is 0 Å². The Labute approximate surface area is 146 Å². The molecule has 0 aliphatic rings. The lowest BCUT2D eigenvalue weighted by Crippen LogP contribution is -2.24. The summed E-state index contributed by atoms with van der Waals surface area (Å²) in [6.45, 7) is 3.84. The van der Waals surface area contributed by atoms with Crippen molar-refractivity contribution in [3.63, 3.8) is 0 Å². The lowest BCUT2D eigenvalue weighted by molar-refractivity contribution is -0.143. The van der Waals surface area contributed by atoms with Crippen LogP contribution < -0.4 is 5.32 Å². The average molecular weight is 346 g/mol. The quantitative estimate of drug-likeness (QED) is 0.823. The smallest absolute Gasteiger partial charge is 0.307 e. The van der Waals surface area contributed by atoms with Crippen molar-refractivity contribution < 1.29 is 14.7 Å². The van der Waals surface area contributed by atoms with Gasteiger partial charge in [0.15, 0.2) is 0 Å². The first-order chi connectivity index (χ1) is 11.3. The van der Waals surface area contributed by atoms with E-state index in [4.69, 9.17) is 11.6 Å². The van der Waals surface area contributed by atoms with Gasteiger partial charge in [-0.15, -0.1) is 0 Å². The lowest BCUT2D eigenvalue weighted by atomic mass is 9.96. The van der Waals surface area contributed by atoms with Crippen molar-refractivity contribution in [1.29, 1.82) is 0 Å². The van der Waals surface area contributed by atoms with Gasteiger partial charge in [0, 0.05) is 17.1 Å².